The SMILES string of the molecule is CN1CCC(Cn2cccc(N)c2=O)C1. The molecule has 1 fully saturated rings. The minimum absolute atomic E-state index is 0.0629. The van der Waals surface area contributed by atoms with E-state index in [-0.39, 0.29) is 5.56 Å². The second-order valence-corrected chi connectivity index (χ2v) is 4.34. The first-order valence-corrected chi connectivity index (χ1v) is 5.30. The molecule has 4 nitrogen and oxygen atoms in total. The predicted molar refractivity (Wildman–Crippen MR) is 60.7 cm³/mol. The van der Waals surface area contributed by atoms with E-state index in [1.54, 1.807) is 10.6 Å². The molecule has 82 valence electrons. The van der Waals surface area contributed by atoms with Crippen LogP contribution in [0.2, 0.25) is 0 Å². The molecule has 0 aliphatic carbocycles. The van der Waals surface area contributed by atoms with Crippen molar-refractivity contribution in [2.75, 3.05) is 25.9 Å². The normalized spacial score (nSPS) is 22.1. The van der Waals surface area contributed by atoms with Gasteiger partial charge in [-0.2, -0.15) is 0 Å². The fourth-order valence-corrected chi connectivity index (χ4v) is 2.15. The Morgan fingerprint density at radius 2 is 2.40 bits per heavy atom. The predicted octanol–water partition coefficient (Wildman–Crippen LogP) is 0.382. The molecule has 1 aliphatic rings. The van der Waals surface area contributed by atoms with E-state index in [1.165, 1.54) is 0 Å². The van der Waals surface area contributed by atoms with Crippen molar-refractivity contribution in [1.82, 2.24) is 9.47 Å². The molecule has 2 N–H and O–H groups in total. The zero-order valence-electron chi connectivity index (χ0n) is 9.02. The van der Waals surface area contributed by atoms with E-state index in [4.69, 9.17) is 5.73 Å². The average molecular weight is 207 g/mol. The van der Waals surface area contributed by atoms with Crippen LogP contribution in [0, 0.1) is 5.92 Å². The summed E-state index contributed by atoms with van der Waals surface area (Å²) in [5.41, 5.74) is 5.85. The van der Waals surface area contributed by atoms with Gasteiger partial charge in [0, 0.05) is 19.3 Å². The van der Waals surface area contributed by atoms with Crippen LogP contribution in [0.4, 0.5) is 5.69 Å². The highest BCUT2D eigenvalue weighted by Crippen LogP contribution is 2.15. The number of nitrogen functional groups attached to an aromatic ring is 1. The van der Waals surface area contributed by atoms with Gasteiger partial charge in [-0.1, -0.05) is 0 Å². The molecule has 1 aromatic rings. The molecular formula is C11H17N3O. The van der Waals surface area contributed by atoms with Crippen molar-refractivity contribution in [2.45, 2.75) is 13.0 Å². The van der Waals surface area contributed by atoms with Gasteiger partial charge >= 0.3 is 0 Å². The van der Waals surface area contributed by atoms with Gasteiger partial charge in [-0.3, -0.25) is 4.79 Å². The van der Waals surface area contributed by atoms with Crippen LogP contribution in [0.5, 0.6) is 0 Å². The first kappa shape index (κ1) is 10.2. The Bertz CT molecular complexity index is 399. The van der Waals surface area contributed by atoms with E-state index < -0.39 is 0 Å². The van der Waals surface area contributed by atoms with E-state index in [2.05, 4.69) is 11.9 Å². The largest absolute Gasteiger partial charge is 0.394 e. The lowest BCUT2D eigenvalue weighted by Crippen LogP contribution is -2.26. The fourth-order valence-electron chi connectivity index (χ4n) is 2.15. The summed E-state index contributed by atoms with van der Waals surface area (Å²) in [6.45, 7) is 2.98. The third-order valence-corrected chi connectivity index (χ3v) is 2.99. The molecule has 2 heterocycles. The Kier molecular flexibility index (Phi) is 2.77. The second-order valence-electron chi connectivity index (χ2n) is 4.34. The Morgan fingerprint density at radius 3 is 3.07 bits per heavy atom. The number of anilines is 1. The molecule has 0 aromatic carbocycles. The van der Waals surface area contributed by atoms with Gasteiger partial charge in [-0.05, 0) is 38.1 Å². The van der Waals surface area contributed by atoms with Crippen molar-refractivity contribution in [2.24, 2.45) is 5.92 Å². The zero-order valence-corrected chi connectivity index (χ0v) is 9.02. The molecule has 4 heteroatoms. The number of pyridine rings is 1. The summed E-state index contributed by atoms with van der Waals surface area (Å²) in [4.78, 5) is 14.0. The van der Waals surface area contributed by atoms with Crippen LogP contribution in [0.15, 0.2) is 23.1 Å². The number of aromatic nitrogens is 1. The summed E-state index contributed by atoms with van der Waals surface area (Å²) in [6, 6.07) is 3.48. The van der Waals surface area contributed by atoms with Crippen molar-refractivity contribution < 1.29 is 0 Å². The minimum Gasteiger partial charge on any atom is -0.394 e. The van der Waals surface area contributed by atoms with Crippen LogP contribution in [0.25, 0.3) is 0 Å². The Hall–Kier alpha value is -1.29. The third kappa shape index (κ3) is 2.21. The van der Waals surface area contributed by atoms with Gasteiger partial charge < -0.3 is 15.2 Å². The number of rotatable bonds is 2. The highest BCUT2D eigenvalue weighted by Gasteiger charge is 2.19. The maximum atomic E-state index is 11.7. The maximum absolute atomic E-state index is 11.7. The standard InChI is InChI=1S/C11H17N3O/c1-13-6-4-9(7-13)8-14-5-2-3-10(12)11(14)15/h2-3,5,9H,4,6-8,12H2,1H3. The molecule has 1 aliphatic heterocycles. The highest BCUT2D eigenvalue weighted by atomic mass is 16.1. The lowest BCUT2D eigenvalue weighted by atomic mass is 10.1. The van der Waals surface area contributed by atoms with Crippen molar-refractivity contribution in [3.8, 4) is 0 Å². The number of nitrogens with two attached hydrogens (primary N) is 1. The topological polar surface area (TPSA) is 51.3 Å². The quantitative estimate of drug-likeness (QED) is 0.763. The third-order valence-electron chi connectivity index (χ3n) is 2.99. The Balaban J connectivity index is 2.11. The van der Waals surface area contributed by atoms with Gasteiger partial charge in [-0.25, -0.2) is 0 Å². The summed E-state index contributed by atoms with van der Waals surface area (Å²) in [5.74, 6) is 0.578. The lowest BCUT2D eigenvalue weighted by molar-refractivity contribution is 0.376. The van der Waals surface area contributed by atoms with Gasteiger partial charge in [0.25, 0.3) is 5.56 Å². The fraction of sp³-hybridized carbons (Fsp3) is 0.545. The summed E-state index contributed by atoms with van der Waals surface area (Å²) in [7, 11) is 2.11. The van der Waals surface area contributed by atoms with Crippen LogP contribution in [0.1, 0.15) is 6.42 Å². The van der Waals surface area contributed by atoms with Crippen LogP contribution in [-0.2, 0) is 6.54 Å². The van der Waals surface area contributed by atoms with Crippen molar-refractivity contribution in [3.63, 3.8) is 0 Å². The minimum atomic E-state index is -0.0629. The molecule has 0 radical (unpaired) electrons. The molecule has 15 heavy (non-hydrogen) atoms. The van der Waals surface area contributed by atoms with Crippen LogP contribution < -0.4 is 11.3 Å². The highest BCUT2D eigenvalue weighted by molar-refractivity contribution is 5.33. The van der Waals surface area contributed by atoms with Gasteiger partial charge in [0.1, 0.15) is 0 Å². The van der Waals surface area contributed by atoms with Crippen molar-refractivity contribution >= 4 is 5.69 Å². The van der Waals surface area contributed by atoms with Gasteiger partial charge in [0.05, 0.1) is 5.69 Å². The molecule has 0 bridgehead atoms. The maximum Gasteiger partial charge on any atom is 0.273 e. The summed E-state index contributed by atoms with van der Waals surface area (Å²) in [5, 5.41) is 0. The number of hydrogen-bond donors (Lipinski definition) is 1. The van der Waals surface area contributed by atoms with Crippen LogP contribution >= 0.6 is 0 Å². The number of nitrogens with zero attached hydrogens (tertiary/aromatic N) is 2. The number of hydrogen-bond acceptors (Lipinski definition) is 3. The smallest absolute Gasteiger partial charge is 0.273 e. The van der Waals surface area contributed by atoms with Gasteiger partial charge in [0.15, 0.2) is 0 Å². The zero-order chi connectivity index (χ0) is 10.8. The average Bonchev–Trinajstić information content (AvgIpc) is 2.59. The molecule has 0 amide bonds. The molecule has 1 atom stereocenters. The summed E-state index contributed by atoms with van der Waals surface area (Å²) in [6.07, 6.45) is 2.98. The molecule has 1 saturated heterocycles. The van der Waals surface area contributed by atoms with E-state index in [0.29, 0.717) is 11.6 Å². The Labute approximate surface area is 89.3 Å². The van der Waals surface area contributed by atoms with Crippen LogP contribution in [-0.4, -0.2) is 29.6 Å². The molecule has 0 saturated carbocycles. The molecular weight excluding hydrogens is 190 g/mol. The Morgan fingerprint density at radius 1 is 1.60 bits per heavy atom. The van der Waals surface area contributed by atoms with E-state index in [0.717, 1.165) is 26.1 Å². The number of likely N-dealkylation sites (tertiary alicyclic amines) is 1. The summed E-state index contributed by atoms with van der Waals surface area (Å²) < 4.78 is 1.72. The molecule has 1 unspecified atom stereocenters. The van der Waals surface area contributed by atoms with Gasteiger partial charge in [0.2, 0.25) is 0 Å². The molecule has 1 aromatic heterocycles. The first-order valence-electron chi connectivity index (χ1n) is 5.30. The van der Waals surface area contributed by atoms with E-state index in [1.807, 2.05) is 12.3 Å². The lowest BCUT2D eigenvalue weighted by Gasteiger charge is -2.12. The summed E-state index contributed by atoms with van der Waals surface area (Å²) >= 11 is 0. The van der Waals surface area contributed by atoms with E-state index in [9.17, 15) is 4.79 Å². The van der Waals surface area contributed by atoms with Gasteiger partial charge in [-0.15, -0.1) is 0 Å². The molecule has 0 spiro atoms. The second kappa shape index (κ2) is 4.06. The van der Waals surface area contributed by atoms with Crippen molar-refractivity contribution in [1.29, 1.82) is 0 Å². The van der Waals surface area contributed by atoms with E-state index >= 15 is 0 Å². The first-order chi connectivity index (χ1) is 7.16. The van der Waals surface area contributed by atoms with Crippen LogP contribution in [0.3, 0.4) is 0 Å². The monoisotopic (exact) mass is 207 g/mol. The molecule has 2 rings (SSSR count). The van der Waals surface area contributed by atoms with Crippen molar-refractivity contribution in [3.05, 3.63) is 28.7 Å².